The van der Waals surface area contributed by atoms with Gasteiger partial charge in [0.25, 0.3) is 0 Å². The minimum atomic E-state index is -0.518. The Kier molecular flexibility index (Phi) is 3.23. The molecule has 1 fully saturated rings. The summed E-state index contributed by atoms with van der Waals surface area (Å²) in [5, 5.41) is 0. The molecule has 1 aliphatic rings. The number of carbonyl (C=O) groups is 1. The molecule has 0 aliphatic carbocycles. The molecule has 0 amide bonds. The number of hydrogen-bond donors (Lipinski definition) is 0. The zero-order chi connectivity index (χ0) is 9.03. The molecule has 1 heterocycles. The van der Waals surface area contributed by atoms with Crippen LogP contribution in [0.4, 0.5) is 0 Å². The van der Waals surface area contributed by atoms with E-state index in [1.165, 1.54) is 0 Å². The molecule has 70 valence electrons. The monoisotopic (exact) mass is 172 g/mol. The number of rotatable bonds is 4. The van der Waals surface area contributed by atoms with Gasteiger partial charge in [-0.05, 0) is 13.3 Å². The van der Waals surface area contributed by atoms with Crippen molar-refractivity contribution in [1.29, 1.82) is 0 Å². The van der Waals surface area contributed by atoms with Gasteiger partial charge in [0.05, 0.1) is 13.2 Å². The second kappa shape index (κ2) is 4.01. The summed E-state index contributed by atoms with van der Waals surface area (Å²) in [6.07, 6.45) is 2.37. The van der Waals surface area contributed by atoms with Crippen molar-refractivity contribution in [2.45, 2.75) is 32.5 Å². The summed E-state index contributed by atoms with van der Waals surface area (Å²) in [6, 6.07) is 0. The van der Waals surface area contributed by atoms with E-state index in [9.17, 15) is 4.79 Å². The lowest BCUT2D eigenvalue weighted by Crippen LogP contribution is -2.35. The summed E-state index contributed by atoms with van der Waals surface area (Å²) in [5.41, 5.74) is 0. The highest BCUT2D eigenvalue weighted by Gasteiger charge is 2.38. The summed E-state index contributed by atoms with van der Waals surface area (Å²) in [5.74, 6) is -0.326. The molecule has 12 heavy (non-hydrogen) atoms. The molecule has 0 bridgehead atoms. The van der Waals surface area contributed by atoms with Gasteiger partial charge in [0.15, 0.2) is 5.79 Å². The van der Waals surface area contributed by atoms with Crippen LogP contribution in [0.2, 0.25) is 0 Å². The molecule has 0 spiro atoms. The first-order valence-corrected chi connectivity index (χ1v) is 4.44. The molecule has 0 aromatic rings. The van der Waals surface area contributed by atoms with Crippen LogP contribution in [0.5, 0.6) is 0 Å². The Morgan fingerprint density at radius 3 is 2.50 bits per heavy atom. The molecule has 1 atom stereocenters. The predicted molar refractivity (Wildman–Crippen MR) is 44.8 cm³/mol. The van der Waals surface area contributed by atoms with Gasteiger partial charge in [0, 0.05) is 12.3 Å². The second-order valence-electron chi connectivity index (χ2n) is 3.22. The van der Waals surface area contributed by atoms with Crippen molar-refractivity contribution in [3.05, 3.63) is 0 Å². The Balaban J connectivity index is 2.55. The lowest BCUT2D eigenvalue weighted by atomic mass is 9.94. The first kappa shape index (κ1) is 9.68. The molecule has 3 heteroatoms. The van der Waals surface area contributed by atoms with Gasteiger partial charge >= 0.3 is 0 Å². The quantitative estimate of drug-likeness (QED) is 0.601. The van der Waals surface area contributed by atoms with Crippen LogP contribution in [0.3, 0.4) is 0 Å². The highest BCUT2D eigenvalue weighted by Crippen LogP contribution is 2.31. The van der Waals surface area contributed by atoms with Crippen LogP contribution >= 0.6 is 0 Å². The van der Waals surface area contributed by atoms with Crippen molar-refractivity contribution in [3.63, 3.8) is 0 Å². The number of aldehydes is 1. The highest BCUT2D eigenvalue weighted by atomic mass is 16.7. The zero-order valence-corrected chi connectivity index (χ0v) is 7.71. The van der Waals surface area contributed by atoms with Crippen molar-refractivity contribution in [3.8, 4) is 0 Å². The molecule has 0 N–H and O–H groups in total. The van der Waals surface area contributed by atoms with E-state index in [1.807, 2.05) is 13.8 Å². The minimum Gasteiger partial charge on any atom is -0.348 e. The van der Waals surface area contributed by atoms with Gasteiger partial charge in [0.1, 0.15) is 6.29 Å². The average Bonchev–Trinajstić information content (AvgIpc) is 2.49. The minimum absolute atomic E-state index is 0.192. The zero-order valence-electron chi connectivity index (χ0n) is 7.71. The van der Waals surface area contributed by atoms with E-state index in [1.54, 1.807) is 0 Å². The molecule has 0 radical (unpaired) electrons. The fraction of sp³-hybridized carbons (Fsp3) is 0.889. The SMILES string of the molecule is CC[C@@H](CC=O)C1(C)OCCO1. The maximum atomic E-state index is 10.4. The average molecular weight is 172 g/mol. The van der Waals surface area contributed by atoms with E-state index < -0.39 is 5.79 Å². The first-order chi connectivity index (χ1) is 5.73. The molecule has 3 nitrogen and oxygen atoms in total. The van der Waals surface area contributed by atoms with Crippen molar-refractivity contribution >= 4 is 6.29 Å². The molecule has 0 saturated carbocycles. The van der Waals surface area contributed by atoms with Gasteiger partial charge in [-0.2, -0.15) is 0 Å². The second-order valence-corrected chi connectivity index (χ2v) is 3.22. The maximum Gasteiger partial charge on any atom is 0.168 e. The van der Waals surface area contributed by atoms with Crippen molar-refractivity contribution < 1.29 is 14.3 Å². The standard InChI is InChI=1S/C9H16O3/c1-3-8(4-5-10)9(2)11-6-7-12-9/h5,8H,3-4,6-7H2,1-2H3/t8-/m0/s1. The van der Waals surface area contributed by atoms with Crippen LogP contribution < -0.4 is 0 Å². The van der Waals surface area contributed by atoms with Crippen LogP contribution in [0.25, 0.3) is 0 Å². The third-order valence-electron chi connectivity index (χ3n) is 2.48. The van der Waals surface area contributed by atoms with E-state index >= 15 is 0 Å². The van der Waals surface area contributed by atoms with Gasteiger partial charge in [-0.25, -0.2) is 0 Å². The van der Waals surface area contributed by atoms with Crippen molar-refractivity contribution in [2.75, 3.05) is 13.2 Å². The molecular weight excluding hydrogens is 156 g/mol. The Hall–Kier alpha value is -0.410. The van der Waals surface area contributed by atoms with E-state index in [2.05, 4.69) is 0 Å². The topological polar surface area (TPSA) is 35.5 Å². The molecule has 1 rings (SSSR count). The number of hydrogen-bond acceptors (Lipinski definition) is 3. The van der Waals surface area contributed by atoms with Gasteiger partial charge in [-0.15, -0.1) is 0 Å². The van der Waals surface area contributed by atoms with E-state index in [0.29, 0.717) is 19.6 Å². The summed E-state index contributed by atoms with van der Waals surface area (Å²) in [6.45, 7) is 5.25. The van der Waals surface area contributed by atoms with Crippen LogP contribution in [0, 0.1) is 5.92 Å². The lowest BCUT2D eigenvalue weighted by Gasteiger charge is -2.30. The molecule has 0 unspecified atom stereocenters. The molecule has 1 saturated heterocycles. The number of carbonyl (C=O) groups excluding carboxylic acids is 1. The predicted octanol–water partition coefficient (Wildman–Crippen LogP) is 1.36. The third-order valence-corrected chi connectivity index (χ3v) is 2.48. The maximum absolute atomic E-state index is 10.4. The normalized spacial score (nSPS) is 23.8. The Bertz CT molecular complexity index is 150. The molecule has 1 aliphatic heterocycles. The number of ether oxygens (including phenoxy) is 2. The molecule has 0 aromatic heterocycles. The summed E-state index contributed by atoms with van der Waals surface area (Å²) in [4.78, 5) is 10.4. The van der Waals surface area contributed by atoms with Crippen LogP contribution in [-0.2, 0) is 14.3 Å². The third kappa shape index (κ3) is 1.84. The first-order valence-electron chi connectivity index (χ1n) is 4.44. The van der Waals surface area contributed by atoms with Crippen molar-refractivity contribution in [2.24, 2.45) is 5.92 Å². The fourth-order valence-corrected chi connectivity index (χ4v) is 1.63. The van der Waals surface area contributed by atoms with Gasteiger partial charge in [0.2, 0.25) is 0 Å². The fourth-order valence-electron chi connectivity index (χ4n) is 1.63. The summed E-state index contributed by atoms with van der Waals surface area (Å²) >= 11 is 0. The van der Waals surface area contributed by atoms with Crippen LogP contribution in [0.1, 0.15) is 26.7 Å². The van der Waals surface area contributed by atoms with E-state index in [-0.39, 0.29) is 5.92 Å². The van der Waals surface area contributed by atoms with Gasteiger partial charge < -0.3 is 14.3 Å². The highest BCUT2D eigenvalue weighted by molar-refractivity contribution is 5.49. The Morgan fingerprint density at radius 2 is 2.08 bits per heavy atom. The lowest BCUT2D eigenvalue weighted by molar-refractivity contribution is -0.183. The Labute approximate surface area is 73.0 Å². The van der Waals surface area contributed by atoms with Crippen LogP contribution in [-0.4, -0.2) is 25.3 Å². The van der Waals surface area contributed by atoms with E-state index in [0.717, 1.165) is 12.7 Å². The van der Waals surface area contributed by atoms with Gasteiger partial charge in [-0.3, -0.25) is 0 Å². The van der Waals surface area contributed by atoms with Gasteiger partial charge in [-0.1, -0.05) is 6.92 Å². The Morgan fingerprint density at radius 1 is 1.50 bits per heavy atom. The summed E-state index contributed by atoms with van der Waals surface area (Å²) < 4.78 is 10.9. The van der Waals surface area contributed by atoms with Crippen LogP contribution in [0.15, 0.2) is 0 Å². The largest absolute Gasteiger partial charge is 0.348 e. The van der Waals surface area contributed by atoms with E-state index in [4.69, 9.17) is 9.47 Å². The smallest absolute Gasteiger partial charge is 0.168 e. The molecule has 0 aromatic carbocycles. The summed E-state index contributed by atoms with van der Waals surface area (Å²) in [7, 11) is 0. The van der Waals surface area contributed by atoms with Crippen molar-refractivity contribution in [1.82, 2.24) is 0 Å². The molecular formula is C9H16O3.